The Morgan fingerprint density at radius 2 is 1.92 bits per heavy atom. The molecule has 0 saturated heterocycles. The molecule has 0 unspecified atom stereocenters. The third-order valence-corrected chi connectivity index (χ3v) is 3.57. The number of benzene rings is 2. The highest BCUT2D eigenvalue weighted by molar-refractivity contribution is 5.82. The molecule has 0 radical (unpaired) electrons. The molecule has 0 aliphatic carbocycles. The Morgan fingerprint density at radius 3 is 2.60 bits per heavy atom. The molecule has 0 atom stereocenters. The smallest absolute Gasteiger partial charge is 0.311 e. The molecule has 3 aromatic rings. The monoisotopic (exact) mass is 342 g/mol. The van der Waals surface area contributed by atoms with Crippen LogP contribution in [0.1, 0.15) is 13.3 Å². The lowest BCUT2D eigenvalue weighted by Crippen LogP contribution is -1.99. The van der Waals surface area contributed by atoms with E-state index in [4.69, 9.17) is 4.74 Å². The lowest BCUT2D eigenvalue weighted by atomic mass is 10.2. The molecule has 0 spiro atoms. The van der Waals surface area contributed by atoms with Crippen LogP contribution < -0.4 is 4.74 Å². The number of rotatable bonds is 6. The zero-order chi connectivity index (χ0) is 18.0. The van der Waals surface area contributed by atoms with Gasteiger partial charge in [0.25, 0.3) is 5.69 Å². The summed E-state index contributed by atoms with van der Waals surface area (Å²) in [5, 5.41) is 22.1. The summed E-state index contributed by atoms with van der Waals surface area (Å²) in [4.78, 5) is 28.4. The second-order valence-corrected chi connectivity index (χ2v) is 5.33. The number of nitro benzene ring substituents is 2. The van der Waals surface area contributed by atoms with Crippen LogP contribution in [0.2, 0.25) is 0 Å². The molecule has 128 valence electrons. The van der Waals surface area contributed by atoms with Gasteiger partial charge in [-0.3, -0.25) is 20.2 Å². The molecule has 0 amide bonds. The van der Waals surface area contributed by atoms with Gasteiger partial charge in [-0.05, 0) is 24.6 Å². The van der Waals surface area contributed by atoms with Crippen LogP contribution in [0.5, 0.6) is 5.75 Å². The molecule has 9 heteroatoms. The summed E-state index contributed by atoms with van der Waals surface area (Å²) in [5.41, 5.74) is 1.30. The molecule has 0 aliphatic heterocycles. The molecular formula is C16H14N4O5. The molecule has 0 saturated carbocycles. The van der Waals surface area contributed by atoms with Gasteiger partial charge in [-0.25, -0.2) is 4.98 Å². The van der Waals surface area contributed by atoms with E-state index >= 15 is 0 Å². The Bertz CT molecular complexity index is 966. The van der Waals surface area contributed by atoms with Crippen molar-refractivity contribution in [1.29, 1.82) is 0 Å². The fourth-order valence-electron chi connectivity index (χ4n) is 2.39. The molecule has 1 N–H and O–H groups in total. The van der Waals surface area contributed by atoms with Gasteiger partial charge < -0.3 is 9.72 Å². The van der Waals surface area contributed by atoms with Crippen molar-refractivity contribution in [2.75, 3.05) is 6.61 Å². The fourth-order valence-corrected chi connectivity index (χ4v) is 2.39. The van der Waals surface area contributed by atoms with E-state index in [0.29, 0.717) is 29.0 Å². The fraction of sp³-hybridized carbons (Fsp3) is 0.188. The molecule has 9 nitrogen and oxygen atoms in total. The van der Waals surface area contributed by atoms with E-state index in [1.165, 1.54) is 30.3 Å². The molecule has 25 heavy (non-hydrogen) atoms. The number of ether oxygens (including phenoxy) is 1. The van der Waals surface area contributed by atoms with Gasteiger partial charge in [0.2, 0.25) is 0 Å². The zero-order valence-electron chi connectivity index (χ0n) is 13.3. The third kappa shape index (κ3) is 3.25. The van der Waals surface area contributed by atoms with Gasteiger partial charge in [0.05, 0.1) is 27.5 Å². The lowest BCUT2D eigenvalue weighted by Gasteiger charge is -2.06. The van der Waals surface area contributed by atoms with Crippen molar-refractivity contribution in [3.63, 3.8) is 0 Å². The molecule has 0 fully saturated rings. The van der Waals surface area contributed by atoms with Crippen LogP contribution in [0.25, 0.3) is 22.4 Å². The number of fused-ring (bicyclic) bond motifs is 1. The van der Waals surface area contributed by atoms with E-state index in [2.05, 4.69) is 9.97 Å². The molecule has 1 aromatic heterocycles. The molecule has 0 bridgehead atoms. The van der Waals surface area contributed by atoms with Crippen molar-refractivity contribution in [3.8, 4) is 17.1 Å². The molecule has 1 heterocycles. The van der Waals surface area contributed by atoms with Crippen LogP contribution in [-0.2, 0) is 0 Å². The number of nitrogens with zero attached hydrogens (tertiary/aromatic N) is 3. The maximum atomic E-state index is 11.3. The minimum absolute atomic E-state index is 0.0583. The first-order valence-electron chi connectivity index (χ1n) is 7.55. The number of hydrogen-bond donors (Lipinski definition) is 1. The summed E-state index contributed by atoms with van der Waals surface area (Å²) in [7, 11) is 0. The van der Waals surface area contributed by atoms with Gasteiger partial charge in [0, 0.05) is 23.8 Å². The van der Waals surface area contributed by atoms with E-state index in [9.17, 15) is 20.2 Å². The van der Waals surface area contributed by atoms with Crippen molar-refractivity contribution in [2.45, 2.75) is 13.3 Å². The van der Waals surface area contributed by atoms with Crippen LogP contribution >= 0.6 is 0 Å². The highest BCUT2D eigenvalue weighted by Crippen LogP contribution is 2.32. The van der Waals surface area contributed by atoms with Crippen molar-refractivity contribution < 1.29 is 14.6 Å². The molecule has 2 aromatic carbocycles. The van der Waals surface area contributed by atoms with Gasteiger partial charge in [0.15, 0.2) is 5.75 Å². The number of hydrogen-bond acceptors (Lipinski definition) is 6. The van der Waals surface area contributed by atoms with E-state index in [1.54, 1.807) is 6.07 Å². The summed E-state index contributed by atoms with van der Waals surface area (Å²) >= 11 is 0. The summed E-state index contributed by atoms with van der Waals surface area (Å²) < 4.78 is 5.39. The average Bonchev–Trinajstić information content (AvgIpc) is 3.02. The van der Waals surface area contributed by atoms with E-state index in [0.717, 1.165) is 6.42 Å². The normalized spacial score (nSPS) is 10.8. The average molecular weight is 342 g/mol. The number of aromatic nitrogens is 2. The Morgan fingerprint density at radius 1 is 1.12 bits per heavy atom. The van der Waals surface area contributed by atoms with Gasteiger partial charge >= 0.3 is 5.69 Å². The highest BCUT2D eigenvalue weighted by atomic mass is 16.6. The zero-order valence-corrected chi connectivity index (χ0v) is 13.3. The van der Waals surface area contributed by atoms with Crippen molar-refractivity contribution in [3.05, 3.63) is 56.6 Å². The first kappa shape index (κ1) is 16.4. The van der Waals surface area contributed by atoms with E-state index in [-0.39, 0.29) is 17.1 Å². The van der Waals surface area contributed by atoms with E-state index in [1.807, 2.05) is 6.92 Å². The van der Waals surface area contributed by atoms with Crippen LogP contribution in [-0.4, -0.2) is 26.4 Å². The highest BCUT2D eigenvalue weighted by Gasteiger charge is 2.18. The quantitative estimate of drug-likeness (QED) is 0.536. The SMILES string of the molecule is CCCOc1ccc(-c2nc3ccc([N+](=O)[O-])cc3[nH]2)cc1[N+](=O)[O-]. The minimum atomic E-state index is -0.512. The minimum Gasteiger partial charge on any atom is -0.487 e. The van der Waals surface area contributed by atoms with Gasteiger partial charge in [-0.15, -0.1) is 0 Å². The summed E-state index contributed by atoms with van der Waals surface area (Å²) in [6.45, 7) is 2.29. The predicted molar refractivity (Wildman–Crippen MR) is 90.6 cm³/mol. The van der Waals surface area contributed by atoms with Crippen molar-refractivity contribution >= 4 is 22.4 Å². The Balaban J connectivity index is 2.03. The van der Waals surface area contributed by atoms with Crippen LogP contribution in [0.15, 0.2) is 36.4 Å². The Labute approximate surface area is 141 Å². The largest absolute Gasteiger partial charge is 0.487 e. The first-order chi connectivity index (χ1) is 12.0. The van der Waals surface area contributed by atoms with Gasteiger partial charge in [-0.2, -0.15) is 0 Å². The van der Waals surface area contributed by atoms with Crippen molar-refractivity contribution in [2.24, 2.45) is 0 Å². The van der Waals surface area contributed by atoms with Crippen molar-refractivity contribution in [1.82, 2.24) is 9.97 Å². The number of nitrogens with one attached hydrogen (secondary N) is 1. The third-order valence-electron chi connectivity index (χ3n) is 3.57. The number of imidazole rings is 1. The van der Waals surface area contributed by atoms with Crippen LogP contribution in [0.4, 0.5) is 11.4 Å². The van der Waals surface area contributed by atoms with E-state index < -0.39 is 9.85 Å². The molecule has 3 rings (SSSR count). The second kappa shape index (κ2) is 6.56. The van der Waals surface area contributed by atoms with Crippen LogP contribution in [0, 0.1) is 20.2 Å². The second-order valence-electron chi connectivity index (χ2n) is 5.33. The Hall–Kier alpha value is -3.49. The van der Waals surface area contributed by atoms with Gasteiger partial charge in [0.1, 0.15) is 5.82 Å². The first-order valence-corrected chi connectivity index (χ1v) is 7.55. The lowest BCUT2D eigenvalue weighted by molar-refractivity contribution is -0.385. The summed E-state index contributed by atoms with van der Waals surface area (Å²) in [5.74, 6) is 0.586. The van der Waals surface area contributed by atoms with Crippen LogP contribution in [0.3, 0.4) is 0 Å². The Kier molecular flexibility index (Phi) is 4.29. The molecular weight excluding hydrogens is 328 g/mol. The number of nitro groups is 2. The number of H-pyrrole nitrogens is 1. The maximum Gasteiger partial charge on any atom is 0.311 e. The standard InChI is InChI=1S/C16H14N4O5/c1-2-7-25-15-6-3-10(8-14(15)20(23)24)16-17-12-5-4-11(19(21)22)9-13(12)18-16/h3-6,8-9H,2,7H2,1H3,(H,17,18). The predicted octanol–water partition coefficient (Wildman–Crippen LogP) is 3.84. The number of non-ortho nitro benzene ring substituents is 1. The summed E-state index contributed by atoms with van der Waals surface area (Å²) in [6, 6.07) is 8.82. The summed E-state index contributed by atoms with van der Waals surface area (Å²) in [6.07, 6.45) is 0.737. The maximum absolute atomic E-state index is 11.3. The molecule has 0 aliphatic rings. The topological polar surface area (TPSA) is 124 Å². The number of aromatic amines is 1. The van der Waals surface area contributed by atoms with Gasteiger partial charge in [-0.1, -0.05) is 6.92 Å².